The molecule has 0 aliphatic carbocycles. The molecule has 3 N–H and O–H groups in total. The smallest absolute Gasteiger partial charge is 0.321 e. The van der Waals surface area contributed by atoms with E-state index in [9.17, 15) is 9.59 Å². The monoisotopic (exact) mass is 431 g/mol. The predicted octanol–water partition coefficient (Wildman–Crippen LogP) is 2.08. The Morgan fingerprint density at radius 1 is 1.27 bits per heavy atom. The number of nitrogens with one attached hydrogen (secondary N) is 3. The van der Waals surface area contributed by atoms with E-state index in [0.717, 1.165) is 34.8 Å². The Kier molecular flexibility index (Phi) is 6.05. The van der Waals surface area contributed by atoms with Crippen molar-refractivity contribution in [3.05, 3.63) is 34.3 Å². The summed E-state index contributed by atoms with van der Waals surface area (Å²) < 4.78 is 10.7. The van der Waals surface area contributed by atoms with Crippen LogP contribution in [-0.4, -0.2) is 47.7 Å². The van der Waals surface area contributed by atoms with Crippen molar-refractivity contribution in [3.63, 3.8) is 0 Å². The molecule has 0 fully saturated rings. The average Bonchev–Trinajstić information content (AvgIpc) is 3.30. The summed E-state index contributed by atoms with van der Waals surface area (Å²) in [6.45, 7) is 6.21. The van der Waals surface area contributed by atoms with E-state index in [2.05, 4.69) is 25.8 Å². The van der Waals surface area contributed by atoms with E-state index in [4.69, 9.17) is 9.47 Å². The first-order valence-corrected chi connectivity index (χ1v) is 10.7. The van der Waals surface area contributed by atoms with Gasteiger partial charge in [0.15, 0.2) is 16.6 Å². The molecule has 0 radical (unpaired) electrons. The van der Waals surface area contributed by atoms with Gasteiger partial charge in [-0.1, -0.05) is 6.07 Å². The van der Waals surface area contributed by atoms with Gasteiger partial charge in [0.1, 0.15) is 0 Å². The number of amides is 3. The van der Waals surface area contributed by atoms with Crippen molar-refractivity contribution in [2.75, 3.05) is 25.2 Å². The zero-order chi connectivity index (χ0) is 21.1. The van der Waals surface area contributed by atoms with E-state index >= 15 is 0 Å². The number of nitrogens with zero attached hydrogens (tertiary/aromatic N) is 2. The Labute approximate surface area is 178 Å². The highest BCUT2D eigenvalue weighted by Crippen LogP contribution is 2.32. The van der Waals surface area contributed by atoms with Gasteiger partial charge in [-0.2, -0.15) is 0 Å². The van der Waals surface area contributed by atoms with Crippen molar-refractivity contribution in [2.24, 2.45) is 0 Å². The molecule has 0 saturated carbocycles. The Morgan fingerprint density at radius 2 is 2.10 bits per heavy atom. The molecular weight excluding hydrogens is 406 g/mol. The molecule has 160 valence electrons. The molecule has 2 aliphatic heterocycles. The average molecular weight is 432 g/mol. The molecule has 1 aromatic carbocycles. The molecule has 0 saturated heterocycles. The largest absolute Gasteiger partial charge is 0.454 e. The summed E-state index contributed by atoms with van der Waals surface area (Å²) in [5.41, 5.74) is 1.96. The number of rotatable bonds is 6. The van der Waals surface area contributed by atoms with Gasteiger partial charge in [-0.3, -0.25) is 15.0 Å². The van der Waals surface area contributed by atoms with Crippen LogP contribution in [0.2, 0.25) is 0 Å². The summed E-state index contributed by atoms with van der Waals surface area (Å²) in [5, 5.41) is 9.12. The minimum atomic E-state index is -0.254. The van der Waals surface area contributed by atoms with E-state index in [0.29, 0.717) is 30.5 Å². The van der Waals surface area contributed by atoms with Crippen LogP contribution >= 0.6 is 11.3 Å². The number of hydrogen-bond donors (Lipinski definition) is 3. The fourth-order valence-electron chi connectivity index (χ4n) is 3.34. The highest BCUT2D eigenvalue weighted by atomic mass is 32.1. The fourth-order valence-corrected chi connectivity index (χ4v) is 4.39. The first-order chi connectivity index (χ1) is 14.5. The number of thiazole rings is 1. The molecule has 4 rings (SSSR count). The lowest BCUT2D eigenvalue weighted by Crippen LogP contribution is -2.39. The predicted molar refractivity (Wildman–Crippen MR) is 113 cm³/mol. The van der Waals surface area contributed by atoms with Crippen LogP contribution in [0.15, 0.2) is 18.2 Å². The molecule has 10 heteroatoms. The van der Waals surface area contributed by atoms with Crippen molar-refractivity contribution in [1.82, 2.24) is 20.5 Å². The summed E-state index contributed by atoms with van der Waals surface area (Å²) in [4.78, 5) is 32.0. The molecule has 2 aromatic rings. The van der Waals surface area contributed by atoms with Gasteiger partial charge in [0.2, 0.25) is 12.7 Å². The van der Waals surface area contributed by atoms with Gasteiger partial charge in [-0.05, 0) is 31.5 Å². The number of carbonyl (C=O) groups excluding carboxylic acids is 2. The number of carbonyl (C=O) groups is 2. The van der Waals surface area contributed by atoms with Gasteiger partial charge in [0.05, 0.1) is 12.2 Å². The number of aromatic nitrogens is 1. The fraction of sp³-hybridized carbons (Fsp3) is 0.450. The van der Waals surface area contributed by atoms with Crippen molar-refractivity contribution in [1.29, 1.82) is 0 Å². The third kappa shape index (κ3) is 5.00. The lowest BCUT2D eigenvalue weighted by atomic mass is 10.2. The molecule has 0 atom stereocenters. The van der Waals surface area contributed by atoms with Gasteiger partial charge in [-0.25, -0.2) is 9.78 Å². The van der Waals surface area contributed by atoms with Gasteiger partial charge in [0, 0.05) is 37.0 Å². The Bertz CT molecular complexity index is 945. The SMILES string of the molecule is CC(C)NC(=O)Nc1nc2c(s1)CN(CC(=O)NCc1ccc3c(c1)OCO3)CC2. The maximum absolute atomic E-state index is 12.4. The second-order valence-corrected chi connectivity index (χ2v) is 8.65. The van der Waals surface area contributed by atoms with Gasteiger partial charge in [-0.15, -0.1) is 11.3 Å². The summed E-state index contributed by atoms with van der Waals surface area (Å²) in [5.74, 6) is 1.41. The zero-order valence-electron chi connectivity index (χ0n) is 17.0. The third-order valence-corrected chi connectivity index (χ3v) is 5.74. The highest BCUT2D eigenvalue weighted by molar-refractivity contribution is 7.15. The summed E-state index contributed by atoms with van der Waals surface area (Å²) in [6, 6.07) is 5.47. The number of urea groups is 1. The first kappa shape index (κ1) is 20.4. The van der Waals surface area contributed by atoms with E-state index in [1.807, 2.05) is 32.0 Å². The van der Waals surface area contributed by atoms with Crippen LogP contribution in [0, 0.1) is 0 Å². The second-order valence-electron chi connectivity index (χ2n) is 7.57. The molecule has 3 amide bonds. The van der Waals surface area contributed by atoms with Crippen molar-refractivity contribution in [3.8, 4) is 11.5 Å². The maximum Gasteiger partial charge on any atom is 0.321 e. The van der Waals surface area contributed by atoms with Gasteiger partial charge >= 0.3 is 6.03 Å². The van der Waals surface area contributed by atoms with E-state index in [1.165, 1.54) is 11.3 Å². The number of fused-ring (bicyclic) bond motifs is 2. The van der Waals surface area contributed by atoms with Crippen LogP contribution in [-0.2, 0) is 24.3 Å². The summed E-state index contributed by atoms with van der Waals surface area (Å²) in [6.07, 6.45) is 0.759. The molecule has 0 bridgehead atoms. The molecule has 30 heavy (non-hydrogen) atoms. The number of anilines is 1. The van der Waals surface area contributed by atoms with E-state index < -0.39 is 0 Å². The Hall–Kier alpha value is -2.85. The molecule has 9 nitrogen and oxygen atoms in total. The van der Waals surface area contributed by atoms with Gasteiger partial charge < -0.3 is 20.1 Å². The summed E-state index contributed by atoms with van der Waals surface area (Å²) in [7, 11) is 0. The standard InChI is InChI=1S/C20H25N5O4S/c1-12(2)22-19(27)24-20-23-14-5-6-25(9-17(14)30-20)10-18(26)21-8-13-3-4-15-16(7-13)29-11-28-15/h3-4,7,12H,5-6,8-11H2,1-2H3,(H,21,26)(H2,22,23,24,27). The second kappa shape index (κ2) is 8.88. The van der Waals surface area contributed by atoms with Crippen LogP contribution in [0.4, 0.5) is 9.93 Å². The lowest BCUT2D eigenvalue weighted by molar-refractivity contribution is -0.122. The Morgan fingerprint density at radius 3 is 2.93 bits per heavy atom. The van der Waals surface area contributed by atoms with Crippen LogP contribution in [0.3, 0.4) is 0 Å². The molecule has 1 aromatic heterocycles. The minimum Gasteiger partial charge on any atom is -0.454 e. The molecule has 0 spiro atoms. The van der Waals surface area contributed by atoms with Crippen molar-refractivity contribution < 1.29 is 19.1 Å². The normalized spacial score (nSPS) is 15.0. The van der Waals surface area contributed by atoms with Crippen LogP contribution in [0.25, 0.3) is 0 Å². The lowest BCUT2D eigenvalue weighted by Gasteiger charge is -2.25. The van der Waals surface area contributed by atoms with Crippen molar-refractivity contribution in [2.45, 2.75) is 39.4 Å². The highest BCUT2D eigenvalue weighted by Gasteiger charge is 2.23. The maximum atomic E-state index is 12.4. The number of hydrogen-bond acceptors (Lipinski definition) is 7. The molecule has 0 unspecified atom stereocenters. The van der Waals surface area contributed by atoms with Crippen molar-refractivity contribution >= 4 is 28.4 Å². The number of ether oxygens (including phenoxy) is 2. The van der Waals surface area contributed by atoms with Gasteiger partial charge in [0.25, 0.3) is 0 Å². The summed E-state index contributed by atoms with van der Waals surface area (Å²) >= 11 is 1.46. The molecule has 2 aliphatic rings. The van der Waals surface area contributed by atoms with E-state index in [-0.39, 0.29) is 24.8 Å². The van der Waals surface area contributed by atoms with Crippen LogP contribution < -0.4 is 25.4 Å². The van der Waals surface area contributed by atoms with E-state index in [1.54, 1.807) is 0 Å². The Balaban J connectivity index is 1.26. The zero-order valence-corrected chi connectivity index (χ0v) is 17.8. The molecule has 3 heterocycles. The minimum absolute atomic E-state index is 0.0321. The topological polar surface area (TPSA) is 105 Å². The third-order valence-electron chi connectivity index (χ3n) is 4.74. The van der Waals surface area contributed by atoms with Crippen LogP contribution in [0.5, 0.6) is 11.5 Å². The molecular formula is C20H25N5O4S. The first-order valence-electron chi connectivity index (χ1n) is 9.90. The quantitative estimate of drug-likeness (QED) is 0.647. The number of benzene rings is 1. The van der Waals surface area contributed by atoms with Crippen LogP contribution in [0.1, 0.15) is 30.0 Å².